The maximum Gasteiger partial charge on any atom is 0.347 e. The first-order valence-corrected chi connectivity index (χ1v) is 8.23. The van der Waals surface area contributed by atoms with Gasteiger partial charge in [-0.15, -0.1) is 0 Å². The average Bonchev–Trinajstić information content (AvgIpc) is 2.47. The van der Waals surface area contributed by atoms with E-state index < -0.39 is 11.7 Å². The van der Waals surface area contributed by atoms with Crippen LogP contribution in [-0.4, -0.2) is 30.8 Å². The van der Waals surface area contributed by atoms with Gasteiger partial charge in [-0.25, -0.2) is 4.79 Å². The first kappa shape index (κ1) is 17.1. The van der Waals surface area contributed by atoms with Crippen LogP contribution in [0, 0.1) is 5.92 Å². The van der Waals surface area contributed by atoms with Gasteiger partial charge in [0.25, 0.3) is 0 Å². The lowest BCUT2D eigenvalue weighted by Gasteiger charge is -2.36. The number of carbonyl (C=O) groups is 1. The Labute approximate surface area is 137 Å². The molecular weight excluding hydrogens is 302 g/mol. The third-order valence-corrected chi connectivity index (χ3v) is 4.46. The molecule has 1 aliphatic rings. The first-order valence-electron chi connectivity index (χ1n) is 7.85. The molecule has 4 nitrogen and oxygen atoms in total. The summed E-state index contributed by atoms with van der Waals surface area (Å²) < 4.78 is 11.4. The first-order chi connectivity index (χ1) is 10.4. The van der Waals surface area contributed by atoms with Gasteiger partial charge in [0.2, 0.25) is 0 Å². The van der Waals surface area contributed by atoms with Crippen molar-refractivity contribution in [1.82, 2.24) is 0 Å². The van der Waals surface area contributed by atoms with Crippen LogP contribution >= 0.6 is 11.6 Å². The number of ether oxygens (including phenoxy) is 2. The molecule has 0 amide bonds. The van der Waals surface area contributed by atoms with Gasteiger partial charge in [-0.05, 0) is 39.0 Å². The SMILES string of the molecule is CC(Oc1cccc(Cl)c1)C(=O)OC(C)(C)C1CC[NH2+]CC1. The molecule has 0 aliphatic carbocycles. The third kappa shape index (κ3) is 4.62. The van der Waals surface area contributed by atoms with E-state index >= 15 is 0 Å². The molecule has 1 aliphatic heterocycles. The van der Waals surface area contributed by atoms with Gasteiger partial charge in [0.1, 0.15) is 11.4 Å². The molecule has 1 saturated heterocycles. The molecule has 2 rings (SSSR count). The molecule has 1 aromatic carbocycles. The van der Waals surface area contributed by atoms with Crippen LogP contribution in [-0.2, 0) is 9.53 Å². The molecule has 1 aromatic rings. The van der Waals surface area contributed by atoms with Crippen molar-refractivity contribution < 1.29 is 19.6 Å². The molecule has 22 heavy (non-hydrogen) atoms. The van der Waals surface area contributed by atoms with E-state index in [1.54, 1.807) is 31.2 Å². The highest BCUT2D eigenvalue weighted by atomic mass is 35.5. The highest BCUT2D eigenvalue weighted by molar-refractivity contribution is 6.30. The molecule has 1 unspecified atom stereocenters. The minimum Gasteiger partial charge on any atom is -0.479 e. The largest absolute Gasteiger partial charge is 0.479 e. The number of quaternary nitrogens is 1. The number of halogens is 1. The van der Waals surface area contributed by atoms with Crippen LogP contribution in [0.2, 0.25) is 5.02 Å². The van der Waals surface area contributed by atoms with Crippen molar-refractivity contribution in [3.63, 3.8) is 0 Å². The van der Waals surface area contributed by atoms with Gasteiger partial charge < -0.3 is 14.8 Å². The Morgan fingerprint density at radius 2 is 2.05 bits per heavy atom. The topological polar surface area (TPSA) is 52.1 Å². The molecule has 5 heteroatoms. The van der Waals surface area contributed by atoms with E-state index in [-0.39, 0.29) is 5.97 Å². The Morgan fingerprint density at radius 3 is 2.68 bits per heavy atom. The smallest absolute Gasteiger partial charge is 0.347 e. The monoisotopic (exact) mass is 326 g/mol. The van der Waals surface area contributed by atoms with Crippen molar-refractivity contribution in [2.24, 2.45) is 5.92 Å². The summed E-state index contributed by atoms with van der Waals surface area (Å²) in [4.78, 5) is 12.3. The summed E-state index contributed by atoms with van der Waals surface area (Å²) in [6, 6.07) is 7.02. The number of benzene rings is 1. The number of carbonyl (C=O) groups excluding carboxylic acids is 1. The van der Waals surface area contributed by atoms with E-state index in [0.29, 0.717) is 16.7 Å². The van der Waals surface area contributed by atoms with Gasteiger partial charge in [0.15, 0.2) is 6.10 Å². The van der Waals surface area contributed by atoms with E-state index in [1.807, 2.05) is 13.8 Å². The molecule has 0 aromatic heterocycles. The van der Waals surface area contributed by atoms with Gasteiger partial charge in [-0.1, -0.05) is 17.7 Å². The van der Waals surface area contributed by atoms with Crippen LogP contribution < -0.4 is 10.1 Å². The standard InChI is InChI=1S/C17H24ClNO3/c1-12(21-15-6-4-5-14(18)11-15)16(20)22-17(2,3)13-7-9-19-10-8-13/h4-6,11-13,19H,7-10H2,1-3H3/p+1. The fourth-order valence-electron chi connectivity index (χ4n) is 2.84. The summed E-state index contributed by atoms with van der Waals surface area (Å²) >= 11 is 5.92. The fraction of sp³-hybridized carbons (Fsp3) is 0.588. The van der Waals surface area contributed by atoms with E-state index in [0.717, 1.165) is 25.9 Å². The predicted molar refractivity (Wildman–Crippen MR) is 86.1 cm³/mol. The van der Waals surface area contributed by atoms with E-state index in [1.165, 1.54) is 0 Å². The maximum atomic E-state index is 12.3. The summed E-state index contributed by atoms with van der Waals surface area (Å²) in [5.74, 6) is 0.640. The van der Waals surface area contributed by atoms with Crippen LogP contribution in [0.5, 0.6) is 5.75 Å². The third-order valence-electron chi connectivity index (χ3n) is 4.23. The van der Waals surface area contributed by atoms with Crippen molar-refractivity contribution in [1.29, 1.82) is 0 Å². The molecule has 1 atom stereocenters. The highest BCUT2D eigenvalue weighted by Crippen LogP contribution is 2.28. The molecule has 0 saturated carbocycles. The minimum atomic E-state index is -0.659. The zero-order valence-electron chi connectivity index (χ0n) is 13.5. The second-order valence-electron chi connectivity index (χ2n) is 6.38. The van der Waals surface area contributed by atoms with Crippen molar-refractivity contribution in [2.75, 3.05) is 13.1 Å². The van der Waals surface area contributed by atoms with Crippen LogP contribution in [0.15, 0.2) is 24.3 Å². The zero-order valence-corrected chi connectivity index (χ0v) is 14.2. The van der Waals surface area contributed by atoms with Crippen molar-refractivity contribution in [3.05, 3.63) is 29.3 Å². The molecule has 1 fully saturated rings. The zero-order chi connectivity index (χ0) is 16.2. The van der Waals surface area contributed by atoms with E-state index in [2.05, 4.69) is 5.32 Å². The number of hydrogen-bond acceptors (Lipinski definition) is 3. The number of piperidine rings is 1. The fourth-order valence-corrected chi connectivity index (χ4v) is 3.02. The molecule has 122 valence electrons. The number of rotatable bonds is 5. The van der Waals surface area contributed by atoms with E-state index in [9.17, 15) is 4.79 Å². The normalized spacial score (nSPS) is 17.8. The quantitative estimate of drug-likeness (QED) is 0.845. The second kappa shape index (κ2) is 7.34. The lowest BCUT2D eigenvalue weighted by molar-refractivity contribution is -0.665. The predicted octanol–water partition coefficient (Wildman–Crippen LogP) is 2.40. The van der Waals surface area contributed by atoms with Crippen LogP contribution in [0.3, 0.4) is 0 Å². The molecule has 0 radical (unpaired) electrons. The molecule has 1 heterocycles. The van der Waals surface area contributed by atoms with Crippen molar-refractivity contribution in [2.45, 2.75) is 45.3 Å². The number of esters is 1. The summed E-state index contributed by atoms with van der Waals surface area (Å²) in [6.07, 6.45) is 1.49. The maximum absolute atomic E-state index is 12.3. The Kier molecular flexibility index (Phi) is 5.70. The Balaban J connectivity index is 1.92. The molecule has 0 bridgehead atoms. The van der Waals surface area contributed by atoms with Gasteiger partial charge in [-0.2, -0.15) is 0 Å². The Bertz CT molecular complexity index is 512. The molecule has 2 N–H and O–H groups in total. The summed E-state index contributed by atoms with van der Waals surface area (Å²) in [6.45, 7) is 7.88. The van der Waals surface area contributed by atoms with Crippen LogP contribution in [0.1, 0.15) is 33.6 Å². The van der Waals surface area contributed by atoms with Gasteiger partial charge in [-0.3, -0.25) is 0 Å². The lowest BCUT2D eigenvalue weighted by atomic mass is 9.83. The molecular formula is C17H25ClNO3+. The summed E-state index contributed by atoms with van der Waals surface area (Å²) in [5, 5.41) is 2.89. The van der Waals surface area contributed by atoms with E-state index in [4.69, 9.17) is 21.1 Å². The summed E-state index contributed by atoms with van der Waals surface area (Å²) in [5.41, 5.74) is -0.461. The number of hydrogen-bond donors (Lipinski definition) is 1. The van der Waals surface area contributed by atoms with Gasteiger partial charge >= 0.3 is 5.97 Å². The van der Waals surface area contributed by atoms with Crippen molar-refractivity contribution >= 4 is 17.6 Å². The second-order valence-corrected chi connectivity index (χ2v) is 6.82. The summed E-state index contributed by atoms with van der Waals surface area (Å²) in [7, 11) is 0. The number of nitrogens with two attached hydrogens (primary N) is 1. The van der Waals surface area contributed by atoms with Crippen LogP contribution in [0.25, 0.3) is 0 Å². The average molecular weight is 327 g/mol. The Hall–Kier alpha value is -1.26. The van der Waals surface area contributed by atoms with Gasteiger partial charge in [0.05, 0.1) is 13.1 Å². The lowest BCUT2D eigenvalue weighted by Crippen LogP contribution is -2.86. The van der Waals surface area contributed by atoms with Crippen molar-refractivity contribution in [3.8, 4) is 5.75 Å². The minimum absolute atomic E-state index is 0.334. The van der Waals surface area contributed by atoms with Gasteiger partial charge in [0, 0.05) is 23.8 Å². The molecule has 0 spiro atoms. The Morgan fingerprint density at radius 1 is 1.36 bits per heavy atom. The highest BCUT2D eigenvalue weighted by Gasteiger charge is 2.36. The van der Waals surface area contributed by atoms with Crippen LogP contribution in [0.4, 0.5) is 0 Å².